The first-order valence-corrected chi connectivity index (χ1v) is 12.6. The summed E-state index contributed by atoms with van der Waals surface area (Å²) in [6.07, 6.45) is 6.20. The lowest BCUT2D eigenvalue weighted by Gasteiger charge is -2.35. The van der Waals surface area contributed by atoms with Crippen molar-refractivity contribution in [3.8, 4) is 11.3 Å². The van der Waals surface area contributed by atoms with Gasteiger partial charge in [-0.3, -0.25) is 0 Å². The molecule has 0 aliphatic carbocycles. The van der Waals surface area contributed by atoms with Gasteiger partial charge in [0, 0.05) is 67.6 Å². The van der Waals surface area contributed by atoms with E-state index in [2.05, 4.69) is 74.3 Å². The first kappa shape index (κ1) is 22.2. The van der Waals surface area contributed by atoms with Crippen LogP contribution >= 0.6 is 0 Å². The summed E-state index contributed by atoms with van der Waals surface area (Å²) in [5, 5.41) is 3.40. The number of benzene rings is 1. The number of pyridine rings is 1. The number of hydrogen-bond acceptors (Lipinski definition) is 8. The van der Waals surface area contributed by atoms with Crippen LogP contribution in [0.3, 0.4) is 0 Å². The van der Waals surface area contributed by atoms with Gasteiger partial charge in [-0.2, -0.15) is 0 Å². The number of morpholine rings is 1. The van der Waals surface area contributed by atoms with Gasteiger partial charge in [0.05, 0.1) is 18.9 Å². The lowest BCUT2D eigenvalue weighted by atomic mass is 10.00. The van der Waals surface area contributed by atoms with Gasteiger partial charge in [0.1, 0.15) is 5.82 Å². The van der Waals surface area contributed by atoms with Crippen LogP contribution < -0.4 is 15.1 Å². The van der Waals surface area contributed by atoms with Crippen molar-refractivity contribution in [2.75, 3.05) is 61.6 Å². The maximum absolute atomic E-state index is 5.44. The van der Waals surface area contributed by atoms with Gasteiger partial charge < -0.3 is 24.8 Å². The van der Waals surface area contributed by atoms with E-state index in [1.54, 1.807) is 6.20 Å². The summed E-state index contributed by atoms with van der Waals surface area (Å²) in [5.74, 6) is 1.57. The topological polar surface area (TPSA) is 69.6 Å². The van der Waals surface area contributed by atoms with Crippen molar-refractivity contribution in [2.45, 2.75) is 31.8 Å². The number of rotatable bonds is 5. The van der Waals surface area contributed by atoms with Gasteiger partial charge in [-0.25, -0.2) is 15.0 Å². The Bertz CT molecular complexity index is 1180. The molecule has 0 radical (unpaired) electrons. The molecule has 2 atom stereocenters. The first-order valence-electron chi connectivity index (χ1n) is 12.6. The van der Waals surface area contributed by atoms with E-state index in [4.69, 9.17) is 9.72 Å². The second-order valence-corrected chi connectivity index (χ2v) is 9.86. The zero-order chi connectivity index (χ0) is 23.8. The Morgan fingerprint density at radius 3 is 2.69 bits per heavy atom. The highest BCUT2D eigenvalue weighted by Gasteiger charge is 2.38. The molecule has 3 saturated heterocycles. The second kappa shape index (κ2) is 9.43. The average Bonchev–Trinajstić information content (AvgIpc) is 3.19. The standard InChI is InChI=1S/C27H33N7O/c1-19-15-21(4-5-25(19)34-10-8-22-16-23(34)18-32(22)2)30-27-28-9-7-24(31-27)20-3-6-26(29-17-20)33-11-13-35-14-12-33/h3-7,9,15,17,22-23H,8,10-14,16,18H2,1-2H3,(H,28,30,31). The molecule has 2 bridgehead atoms. The van der Waals surface area contributed by atoms with Crippen molar-refractivity contribution >= 4 is 23.1 Å². The fourth-order valence-electron chi connectivity index (χ4n) is 5.68. The molecule has 1 N–H and O–H groups in total. The number of likely N-dealkylation sites (tertiary alicyclic amines) is 1. The van der Waals surface area contributed by atoms with Gasteiger partial charge in [0.15, 0.2) is 0 Å². The molecule has 3 fully saturated rings. The maximum Gasteiger partial charge on any atom is 0.227 e. The smallest absolute Gasteiger partial charge is 0.227 e. The van der Waals surface area contributed by atoms with E-state index in [0.29, 0.717) is 12.0 Å². The Morgan fingerprint density at radius 1 is 1.00 bits per heavy atom. The minimum absolute atomic E-state index is 0.588. The Kier molecular flexibility index (Phi) is 6.00. The molecule has 0 saturated carbocycles. The summed E-state index contributed by atoms with van der Waals surface area (Å²) >= 11 is 0. The number of anilines is 4. The Morgan fingerprint density at radius 2 is 1.89 bits per heavy atom. The summed E-state index contributed by atoms with van der Waals surface area (Å²) in [7, 11) is 2.26. The van der Waals surface area contributed by atoms with E-state index in [0.717, 1.165) is 68.2 Å². The van der Waals surface area contributed by atoms with Crippen LogP contribution in [0.25, 0.3) is 11.3 Å². The quantitative estimate of drug-likeness (QED) is 0.604. The van der Waals surface area contributed by atoms with Gasteiger partial charge in [-0.1, -0.05) is 0 Å². The number of aryl methyl sites for hydroxylation is 1. The highest BCUT2D eigenvalue weighted by atomic mass is 16.5. The van der Waals surface area contributed by atoms with E-state index < -0.39 is 0 Å². The Hall–Kier alpha value is -3.23. The summed E-state index contributed by atoms with van der Waals surface area (Å²) in [6, 6.07) is 14.0. The molecule has 3 aliphatic rings. The number of aromatic nitrogens is 3. The zero-order valence-corrected chi connectivity index (χ0v) is 20.5. The third kappa shape index (κ3) is 4.56. The summed E-state index contributed by atoms with van der Waals surface area (Å²) < 4.78 is 5.44. The van der Waals surface area contributed by atoms with Crippen LogP contribution in [0.5, 0.6) is 0 Å². The van der Waals surface area contributed by atoms with Gasteiger partial charge in [-0.15, -0.1) is 0 Å². The van der Waals surface area contributed by atoms with Crippen molar-refractivity contribution in [3.05, 3.63) is 54.4 Å². The molecule has 6 rings (SSSR count). The molecule has 0 amide bonds. The molecule has 35 heavy (non-hydrogen) atoms. The van der Waals surface area contributed by atoms with Crippen LogP contribution in [0, 0.1) is 6.92 Å². The number of nitrogens with one attached hydrogen (secondary N) is 1. The van der Waals surface area contributed by atoms with E-state index in [-0.39, 0.29) is 0 Å². The van der Waals surface area contributed by atoms with E-state index in [9.17, 15) is 0 Å². The van der Waals surface area contributed by atoms with E-state index >= 15 is 0 Å². The van der Waals surface area contributed by atoms with Crippen LogP contribution in [0.15, 0.2) is 48.8 Å². The van der Waals surface area contributed by atoms with Gasteiger partial charge in [0.2, 0.25) is 5.95 Å². The van der Waals surface area contributed by atoms with E-state index in [1.807, 2.05) is 12.3 Å². The van der Waals surface area contributed by atoms with Crippen molar-refractivity contribution < 1.29 is 4.74 Å². The van der Waals surface area contributed by atoms with Crippen LogP contribution in [0.2, 0.25) is 0 Å². The van der Waals surface area contributed by atoms with Gasteiger partial charge >= 0.3 is 0 Å². The van der Waals surface area contributed by atoms with Crippen molar-refractivity contribution in [1.29, 1.82) is 0 Å². The second-order valence-electron chi connectivity index (χ2n) is 9.86. The molecule has 8 nitrogen and oxygen atoms in total. The first-order chi connectivity index (χ1) is 17.1. The minimum Gasteiger partial charge on any atom is -0.378 e. The molecule has 5 heterocycles. The SMILES string of the molecule is Cc1cc(Nc2nccc(-c3ccc(N4CCOCC4)nc3)n2)ccc1N1CCC2CC1CN2C. The highest BCUT2D eigenvalue weighted by molar-refractivity contribution is 5.66. The fourth-order valence-corrected chi connectivity index (χ4v) is 5.68. The number of fused-ring (bicyclic) bond motifs is 2. The van der Waals surface area contributed by atoms with Gasteiger partial charge in [-0.05, 0) is 68.8 Å². The number of ether oxygens (including phenoxy) is 1. The Labute approximate surface area is 207 Å². The molecule has 2 aromatic heterocycles. The lowest BCUT2D eigenvalue weighted by molar-refractivity contribution is 0.122. The molecule has 0 spiro atoms. The average molecular weight is 472 g/mol. The van der Waals surface area contributed by atoms with Crippen LogP contribution in [-0.2, 0) is 4.74 Å². The van der Waals surface area contributed by atoms with Crippen molar-refractivity contribution in [2.24, 2.45) is 0 Å². The summed E-state index contributed by atoms with van der Waals surface area (Å²) in [5.41, 5.74) is 5.45. The number of hydrogen-bond donors (Lipinski definition) is 1. The molecular weight excluding hydrogens is 438 g/mol. The Balaban J connectivity index is 1.16. The van der Waals surface area contributed by atoms with E-state index in [1.165, 1.54) is 24.1 Å². The third-order valence-electron chi connectivity index (χ3n) is 7.61. The predicted molar refractivity (Wildman–Crippen MR) is 140 cm³/mol. The molecule has 182 valence electrons. The molecule has 2 unspecified atom stereocenters. The normalized spacial score (nSPS) is 22.5. The minimum atomic E-state index is 0.588. The molecule has 3 aromatic rings. The number of piperidine rings is 1. The van der Waals surface area contributed by atoms with Crippen LogP contribution in [0.4, 0.5) is 23.1 Å². The van der Waals surface area contributed by atoms with Crippen LogP contribution in [-0.4, -0.2) is 78.4 Å². The summed E-state index contributed by atoms with van der Waals surface area (Å²) in [4.78, 5) is 21.2. The number of nitrogens with zero attached hydrogens (tertiary/aromatic N) is 6. The predicted octanol–water partition coefficient (Wildman–Crippen LogP) is 3.71. The lowest BCUT2D eigenvalue weighted by Crippen LogP contribution is -2.40. The van der Waals surface area contributed by atoms with Crippen molar-refractivity contribution in [3.63, 3.8) is 0 Å². The maximum atomic E-state index is 5.44. The summed E-state index contributed by atoms with van der Waals surface area (Å²) in [6.45, 7) is 7.75. The third-order valence-corrected chi connectivity index (χ3v) is 7.61. The zero-order valence-electron chi connectivity index (χ0n) is 20.5. The highest BCUT2D eigenvalue weighted by Crippen LogP contribution is 2.35. The fraction of sp³-hybridized carbons (Fsp3) is 0.444. The van der Waals surface area contributed by atoms with Crippen LogP contribution in [0.1, 0.15) is 18.4 Å². The molecule has 8 heteroatoms. The molecular formula is C27H33N7O. The monoisotopic (exact) mass is 471 g/mol. The van der Waals surface area contributed by atoms with Gasteiger partial charge in [0.25, 0.3) is 0 Å². The number of likely N-dealkylation sites (N-methyl/N-ethyl adjacent to an activating group) is 1. The van der Waals surface area contributed by atoms with Crippen molar-refractivity contribution in [1.82, 2.24) is 19.9 Å². The molecule has 1 aromatic carbocycles. The largest absolute Gasteiger partial charge is 0.378 e. The molecule has 3 aliphatic heterocycles.